The first-order chi connectivity index (χ1) is 12.6. The molecular weight excluding hydrogens is 355 g/mol. The molecule has 2 aromatic rings. The van der Waals surface area contributed by atoms with Crippen molar-refractivity contribution in [3.8, 4) is 0 Å². The van der Waals surface area contributed by atoms with E-state index in [0.29, 0.717) is 24.7 Å². The van der Waals surface area contributed by atoms with Crippen molar-refractivity contribution in [2.45, 2.75) is 26.2 Å². The molecule has 0 saturated carbocycles. The average molecular weight is 377 g/mol. The molecule has 0 radical (unpaired) electrons. The standard InChI is InChI=1S/C19H22ClFN4O/c1-2-14-12-18(20)24-23-17(14)11-13-4-5-16(21)15(10-13)19(26)25-8-3-6-22-7-9-25/h4-5,10,12,22H,2-3,6-9,11H2,1H3. The number of halogens is 2. The van der Waals surface area contributed by atoms with Gasteiger partial charge in [-0.3, -0.25) is 4.79 Å². The van der Waals surface area contributed by atoms with Gasteiger partial charge in [0, 0.05) is 26.1 Å². The van der Waals surface area contributed by atoms with Gasteiger partial charge in [0.15, 0.2) is 5.15 Å². The Morgan fingerprint density at radius 2 is 2.12 bits per heavy atom. The molecule has 138 valence electrons. The summed E-state index contributed by atoms with van der Waals surface area (Å²) < 4.78 is 14.3. The second kappa shape index (κ2) is 8.56. The van der Waals surface area contributed by atoms with Crippen LogP contribution >= 0.6 is 11.6 Å². The minimum absolute atomic E-state index is 0.115. The Hall–Kier alpha value is -2.05. The first-order valence-electron chi connectivity index (χ1n) is 8.88. The van der Waals surface area contributed by atoms with Gasteiger partial charge in [-0.25, -0.2) is 4.39 Å². The smallest absolute Gasteiger partial charge is 0.256 e. The Kier molecular flexibility index (Phi) is 6.16. The Balaban J connectivity index is 1.84. The normalized spacial score (nSPS) is 15.0. The van der Waals surface area contributed by atoms with Crippen LogP contribution < -0.4 is 5.32 Å². The molecule has 1 fully saturated rings. The molecule has 0 unspecified atom stereocenters. The Labute approximate surface area is 157 Å². The summed E-state index contributed by atoms with van der Waals surface area (Å²) in [5.74, 6) is -0.750. The van der Waals surface area contributed by atoms with Gasteiger partial charge in [-0.1, -0.05) is 24.6 Å². The van der Waals surface area contributed by atoms with Crippen LogP contribution in [-0.2, 0) is 12.8 Å². The topological polar surface area (TPSA) is 58.1 Å². The van der Waals surface area contributed by atoms with Gasteiger partial charge in [-0.2, -0.15) is 5.10 Å². The highest BCUT2D eigenvalue weighted by Gasteiger charge is 2.21. The molecule has 26 heavy (non-hydrogen) atoms. The molecule has 1 aromatic heterocycles. The predicted molar refractivity (Wildman–Crippen MR) is 99.0 cm³/mol. The number of nitrogens with one attached hydrogen (secondary N) is 1. The van der Waals surface area contributed by atoms with Crippen LogP contribution in [0, 0.1) is 5.82 Å². The van der Waals surface area contributed by atoms with Crippen molar-refractivity contribution in [1.82, 2.24) is 20.4 Å². The monoisotopic (exact) mass is 376 g/mol. The third-order valence-electron chi connectivity index (χ3n) is 4.57. The summed E-state index contributed by atoms with van der Waals surface area (Å²) in [6, 6.07) is 6.47. The van der Waals surface area contributed by atoms with Gasteiger partial charge in [0.05, 0.1) is 11.3 Å². The fourth-order valence-electron chi connectivity index (χ4n) is 3.14. The zero-order chi connectivity index (χ0) is 18.5. The van der Waals surface area contributed by atoms with E-state index >= 15 is 0 Å². The highest BCUT2D eigenvalue weighted by atomic mass is 35.5. The highest BCUT2D eigenvalue weighted by molar-refractivity contribution is 6.29. The van der Waals surface area contributed by atoms with E-state index < -0.39 is 5.82 Å². The van der Waals surface area contributed by atoms with Gasteiger partial charge < -0.3 is 10.2 Å². The molecule has 3 rings (SSSR count). The zero-order valence-electron chi connectivity index (χ0n) is 14.8. The highest BCUT2D eigenvalue weighted by Crippen LogP contribution is 2.19. The number of amides is 1. The second-order valence-corrected chi connectivity index (χ2v) is 6.77. The van der Waals surface area contributed by atoms with E-state index in [1.807, 2.05) is 6.92 Å². The van der Waals surface area contributed by atoms with E-state index in [-0.39, 0.29) is 11.5 Å². The van der Waals surface area contributed by atoms with Crippen LogP contribution in [0.3, 0.4) is 0 Å². The van der Waals surface area contributed by atoms with Crippen LogP contribution in [0.5, 0.6) is 0 Å². The summed E-state index contributed by atoms with van der Waals surface area (Å²) in [6.07, 6.45) is 2.13. The summed E-state index contributed by atoms with van der Waals surface area (Å²) in [5, 5.41) is 11.7. The van der Waals surface area contributed by atoms with Crippen LogP contribution in [-0.4, -0.2) is 47.2 Å². The summed E-state index contributed by atoms with van der Waals surface area (Å²) in [7, 11) is 0. The molecule has 1 aliphatic heterocycles. The number of benzene rings is 1. The lowest BCUT2D eigenvalue weighted by Crippen LogP contribution is -2.34. The Morgan fingerprint density at radius 1 is 1.27 bits per heavy atom. The lowest BCUT2D eigenvalue weighted by atomic mass is 10.0. The Morgan fingerprint density at radius 3 is 2.92 bits per heavy atom. The zero-order valence-corrected chi connectivity index (χ0v) is 15.5. The van der Waals surface area contributed by atoms with E-state index in [1.54, 1.807) is 23.1 Å². The molecule has 2 heterocycles. The lowest BCUT2D eigenvalue weighted by molar-refractivity contribution is 0.0761. The second-order valence-electron chi connectivity index (χ2n) is 6.38. The molecule has 7 heteroatoms. The number of nitrogens with zero attached hydrogens (tertiary/aromatic N) is 3. The van der Waals surface area contributed by atoms with Crippen LogP contribution in [0.2, 0.25) is 5.15 Å². The third-order valence-corrected chi connectivity index (χ3v) is 4.76. The van der Waals surface area contributed by atoms with E-state index in [9.17, 15) is 9.18 Å². The molecule has 0 atom stereocenters. The Bertz CT molecular complexity index is 791. The number of hydrogen-bond donors (Lipinski definition) is 1. The molecule has 5 nitrogen and oxygen atoms in total. The van der Waals surface area contributed by atoms with Crippen molar-refractivity contribution in [1.29, 1.82) is 0 Å². The van der Waals surface area contributed by atoms with E-state index in [1.165, 1.54) is 6.07 Å². The maximum Gasteiger partial charge on any atom is 0.256 e. The molecule has 0 aliphatic carbocycles. The van der Waals surface area contributed by atoms with Crippen LogP contribution in [0.1, 0.15) is 40.5 Å². The molecule has 1 amide bonds. The first kappa shape index (κ1) is 18.7. The van der Waals surface area contributed by atoms with Crippen molar-refractivity contribution < 1.29 is 9.18 Å². The lowest BCUT2D eigenvalue weighted by Gasteiger charge is -2.20. The van der Waals surface area contributed by atoms with Gasteiger partial charge in [-0.15, -0.1) is 5.10 Å². The fraction of sp³-hybridized carbons (Fsp3) is 0.421. The van der Waals surface area contributed by atoms with Gasteiger partial charge in [0.2, 0.25) is 0 Å². The number of aryl methyl sites for hydroxylation is 1. The minimum Gasteiger partial charge on any atom is -0.337 e. The molecule has 1 N–H and O–H groups in total. The maximum absolute atomic E-state index is 14.3. The number of aromatic nitrogens is 2. The van der Waals surface area contributed by atoms with Crippen molar-refractivity contribution in [2.75, 3.05) is 26.2 Å². The third kappa shape index (κ3) is 4.37. The summed E-state index contributed by atoms with van der Waals surface area (Å²) in [4.78, 5) is 14.5. The molecule has 1 aromatic carbocycles. The first-order valence-corrected chi connectivity index (χ1v) is 9.25. The van der Waals surface area contributed by atoms with Crippen molar-refractivity contribution >= 4 is 17.5 Å². The van der Waals surface area contributed by atoms with Crippen molar-refractivity contribution in [2.24, 2.45) is 0 Å². The van der Waals surface area contributed by atoms with Crippen molar-refractivity contribution in [3.05, 3.63) is 57.6 Å². The number of rotatable bonds is 4. The molecule has 1 saturated heterocycles. The maximum atomic E-state index is 14.3. The average Bonchev–Trinajstić information content (AvgIpc) is 2.93. The van der Waals surface area contributed by atoms with Crippen LogP contribution in [0.4, 0.5) is 4.39 Å². The quantitative estimate of drug-likeness (QED) is 0.891. The minimum atomic E-state index is -0.492. The van der Waals surface area contributed by atoms with E-state index in [0.717, 1.165) is 42.8 Å². The van der Waals surface area contributed by atoms with Gasteiger partial charge in [0.25, 0.3) is 5.91 Å². The number of hydrogen-bond acceptors (Lipinski definition) is 4. The van der Waals surface area contributed by atoms with E-state index in [4.69, 9.17) is 11.6 Å². The summed E-state index contributed by atoms with van der Waals surface area (Å²) in [5.41, 5.74) is 2.74. The molecular formula is C19H22ClFN4O. The van der Waals surface area contributed by atoms with Gasteiger partial charge in [0.1, 0.15) is 5.82 Å². The van der Waals surface area contributed by atoms with E-state index in [2.05, 4.69) is 15.5 Å². The fourth-order valence-corrected chi connectivity index (χ4v) is 3.31. The number of carbonyl (C=O) groups excluding carboxylic acids is 1. The van der Waals surface area contributed by atoms with Crippen LogP contribution in [0.15, 0.2) is 24.3 Å². The molecule has 1 aliphatic rings. The summed E-state index contributed by atoms with van der Waals surface area (Å²) >= 11 is 5.91. The predicted octanol–water partition coefficient (Wildman–Crippen LogP) is 2.86. The van der Waals surface area contributed by atoms with Gasteiger partial charge >= 0.3 is 0 Å². The van der Waals surface area contributed by atoms with Gasteiger partial charge in [-0.05, 0) is 48.7 Å². The largest absolute Gasteiger partial charge is 0.337 e. The van der Waals surface area contributed by atoms with Crippen LogP contribution in [0.25, 0.3) is 0 Å². The number of carbonyl (C=O) groups is 1. The summed E-state index contributed by atoms with van der Waals surface area (Å²) in [6.45, 7) is 4.85. The van der Waals surface area contributed by atoms with Crippen molar-refractivity contribution in [3.63, 3.8) is 0 Å². The SMILES string of the molecule is CCc1cc(Cl)nnc1Cc1ccc(F)c(C(=O)N2CCCNCC2)c1. The molecule has 0 spiro atoms. The molecule has 0 bridgehead atoms.